The summed E-state index contributed by atoms with van der Waals surface area (Å²) in [6.45, 7) is 0. The average Bonchev–Trinajstić information content (AvgIpc) is 2.68. The number of fused-ring (bicyclic) bond motifs is 2. The van der Waals surface area contributed by atoms with E-state index >= 15 is 0 Å². The third kappa shape index (κ3) is 2.19. The number of hydrogen-bond donors (Lipinski definition) is 0. The number of nitrogens with zero attached hydrogens (tertiary/aromatic N) is 1. The van der Waals surface area contributed by atoms with E-state index in [1.807, 2.05) is 30.3 Å². The van der Waals surface area contributed by atoms with E-state index in [4.69, 9.17) is 4.74 Å². The minimum atomic E-state index is 0.313. The molecule has 0 amide bonds. The Kier molecular flexibility index (Phi) is 3.15. The number of hydrogen-bond acceptors (Lipinski definition) is 3. The number of piperidine rings is 1. The van der Waals surface area contributed by atoms with E-state index in [1.165, 1.54) is 0 Å². The normalized spacial score (nSPS) is 28.9. The summed E-state index contributed by atoms with van der Waals surface area (Å²) in [5.74, 6) is 1.16. The first-order chi connectivity index (χ1) is 9.19. The van der Waals surface area contributed by atoms with Crippen molar-refractivity contribution < 1.29 is 9.53 Å². The molecule has 0 saturated carbocycles. The Morgan fingerprint density at radius 1 is 1.26 bits per heavy atom. The van der Waals surface area contributed by atoms with E-state index in [-0.39, 0.29) is 0 Å². The van der Waals surface area contributed by atoms with Gasteiger partial charge >= 0.3 is 0 Å². The number of rotatable bonds is 2. The molecule has 0 aliphatic carbocycles. The first kappa shape index (κ1) is 12.4. The Morgan fingerprint density at radius 3 is 2.68 bits per heavy atom. The first-order valence-electron chi connectivity index (χ1n) is 6.80. The topological polar surface area (TPSA) is 29.5 Å². The number of carbonyl (C=O) groups is 1. The SMILES string of the molecule is COc1ccc(/C=C2\C(=O)CC3CCC2N3C)cc1. The van der Waals surface area contributed by atoms with Crippen LogP contribution in [0.2, 0.25) is 0 Å². The van der Waals surface area contributed by atoms with Gasteiger partial charge in [-0.25, -0.2) is 0 Å². The van der Waals surface area contributed by atoms with Crippen LogP contribution in [0.4, 0.5) is 0 Å². The lowest BCUT2D eigenvalue weighted by Crippen LogP contribution is -2.41. The highest BCUT2D eigenvalue weighted by Gasteiger charge is 2.41. The maximum absolute atomic E-state index is 12.2. The lowest BCUT2D eigenvalue weighted by atomic mass is 9.94. The summed E-state index contributed by atoms with van der Waals surface area (Å²) in [5, 5.41) is 0. The van der Waals surface area contributed by atoms with Crippen molar-refractivity contribution in [3.8, 4) is 5.75 Å². The van der Waals surface area contributed by atoms with E-state index in [9.17, 15) is 4.79 Å². The molecule has 0 aromatic heterocycles. The largest absolute Gasteiger partial charge is 0.497 e. The average molecular weight is 257 g/mol. The molecule has 2 atom stereocenters. The second-order valence-electron chi connectivity index (χ2n) is 5.41. The molecule has 0 N–H and O–H groups in total. The van der Waals surface area contributed by atoms with Gasteiger partial charge in [-0.2, -0.15) is 0 Å². The van der Waals surface area contributed by atoms with E-state index < -0.39 is 0 Å². The van der Waals surface area contributed by atoms with Crippen molar-refractivity contribution in [2.75, 3.05) is 14.2 Å². The summed E-state index contributed by atoms with van der Waals surface area (Å²) in [4.78, 5) is 14.6. The monoisotopic (exact) mass is 257 g/mol. The van der Waals surface area contributed by atoms with Crippen molar-refractivity contribution in [1.29, 1.82) is 0 Å². The van der Waals surface area contributed by atoms with E-state index in [0.717, 1.165) is 29.7 Å². The fourth-order valence-corrected chi connectivity index (χ4v) is 3.21. The zero-order valence-electron chi connectivity index (χ0n) is 11.4. The van der Waals surface area contributed by atoms with Gasteiger partial charge in [0, 0.05) is 24.1 Å². The summed E-state index contributed by atoms with van der Waals surface area (Å²) < 4.78 is 5.15. The van der Waals surface area contributed by atoms with Gasteiger partial charge in [-0.15, -0.1) is 0 Å². The van der Waals surface area contributed by atoms with Crippen LogP contribution in [0.1, 0.15) is 24.8 Å². The molecule has 3 heteroatoms. The fraction of sp³-hybridized carbons (Fsp3) is 0.438. The molecular formula is C16H19NO2. The van der Waals surface area contributed by atoms with Gasteiger partial charge < -0.3 is 4.74 Å². The molecule has 100 valence electrons. The second kappa shape index (κ2) is 4.82. The Hall–Kier alpha value is -1.61. The van der Waals surface area contributed by atoms with Crippen molar-refractivity contribution >= 4 is 11.9 Å². The van der Waals surface area contributed by atoms with E-state index in [0.29, 0.717) is 24.3 Å². The molecule has 2 bridgehead atoms. The van der Waals surface area contributed by atoms with Crippen LogP contribution >= 0.6 is 0 Å². The van der Waals surface area contributed by atoms with Gasteiger partial charge in [0.2, 0.25) is 0 Å². The standard InChI is InChI=1S/C16H19NO2/c1-17-12-5-8-15(17)14(16(18)10-12)9-11-3-6-13(19-2)7-4-11/h3-4,6-7,9,12,15H,5,8,10H2,1-2H3/b14-9-. The van der Waals surface area contributed by atoms with Crippen molar-refractivity contribution in [3.05, 3.63) is 35.4 Å². The summed E-state index contributed by atoms with van der Waals surface area (Å²) in [6.07, 6.45) is 4.97. The third-order valence-electron chi connectivity index (χ3n) is 4.38. The van der Waals surface area contributed by atoms with Crippen LogP contribution in [0.5, 0.6) is 5.75 Å². The van der Waals surface area contributed by atoms with Crippen molar-refractivity contribution in [2.24, 2.45) is 0 Å². The Bertz CT molecular complexity index is 518. The van der Waals surface area contributed by atoms with Crippen LogP contribution in [0, 0.1) is 0 Å². The number of carbonyl (C=O) groups excluding carboxylic acids is 1. The molecule has 1 aromatic rings. The molecule has 2 aliphatic rings. The molecule has 19 heavy (non-hydrogen) atoms. The fourth-order valence-electron chi connectivity index (χ4n) is 3.21. The first-order valence-corrected chi connectivity index (χ1v) is 6.80. The summed E-state index contributed by atoms with van der Waals surface area (Å²) in [5.41, 5.74) is 2.05. The van der Waals surface area contributed by atoms with Crippen LogP contribution in [-0.2, 0) is 4.79 Å². The zero-order valence-corrected chi connectivity index (χ0v) is 11.4. The lowest BCUT2D eigenvalue weighted by Gasteiger charge is -2.32. The van der Waals surface area contributed by atoms with Crippen LogP contribution in [0.25, 0.3) is 6.08 Å². The van der Waals surface area contributed by atoms with Gasteiger partial charge in [0.15, 0.2) is 5.78 Å². The molecule has 2 heterocycles. The molecule has 0 spiro atoms. The molecule has 2 fully saturated rings. The number of likely N-dealkylation sites (N-methyl/N-ethyl adjacent to an activating group) is 1. The molecular weight excluding hydrogens is 238 g/mol. The van der Waals surface area contributed by atoms with Gasteiger partial charge in [0.1, 0.15) is 5.75 Å². The quantitative estimate of drug-likeness (QED) is 0.762. The summed E-state index contributed by atoms with van der Waals surface area (Å²) in [7, 11) is 3.79. The zero-order chi connectivity index (χ0) is 13.4. The number of benzene rings is 1. The Balaban J connectivity index is 1.90. The Labute approximate surface area is 113 Å². The minimum Gasteiger partial charge on any atom is -0.497 e. The minimum absolute atomic E-state index is 0.313. The van der Waals surface area contributed by atoms with Gasteiger partial charge in [-0.3, -0.25) is 9.69 Å². The highest BCUT2D eigenvalue weighted by molar-refractivity contribution is 6.02. The van der Waals surface area contributed by atoms with Gasteiger partial charge in [0.25, 0.3) is 0 Å². The molecule has 3 nitrogen and oxygen atoms in total. The van der Waals surface area contributed by atoms with Gasteiger partial charge in [0.05, 0.1) is 7.11 Å². The number of methoxy groups -OCH3 is 1. The number of Topliss-reactive ketones (excluding diaryl/α,β-unsaturated/α-hetero) is 1. The van der Waals surface area contributed by atoms with E-state index in [1.54, 1.807) is 7.11 Å². The van der Waals surface area contributed by atoms with Crippen LogP contribution in [-0.4, -0.2) is 36.9 Å². The maximum atomic E-state index is 12.2. The molecule has 3 rings (SSSR count). The van der Waals surface area contributed by atoms with Crippen molar-refractivity contribution in [3.63, 3.8) is 0 Å². The number of ether oxygens (including phenoxy) is 1. The highest BCUT2D eigenvalue weighted by Crippen LogP contribution is 2.36. The van der Waals surface area contributed by atoms with Gasteiger partial charge in [-0.1, -0.05) is 12.1 Å². The highest BCUT2D eigenvalue weighted by atomic mass is 16.5. The van der Waals surface area contributed by atoms with Crippen molar-refractivity contribution in [1.82, 2.24) is 4.90 Å². The van der Waals surface area contributed by atoms with Crippen LogP contribution in [0.15, 0.2) is 29.8 Å². The molecule has 0 radical (unpaired) electrons. The van der Waals surface area contributed by atoms with Gasteiger partial charge in [-0.05, 0) is 43.7 Å². The number of ketones is 1. The molecule has 2 aliphatic heterocycles. The summed E-state index contributed by atoms with van der Waals surface area (Å²) in [6, 6.07) is 8.64. The third-order valence-corrected chi connectivity index (χ3v) is 4.38. The lowest BCUT2D eigenvalue weighted by molar-refractivity contribution is -0.118. The van der Waals surface area contributed by atoms with Crippen LogP contribution in [0.3, 0.4) is 0 Å². The second-order valence-corrected chi connectivity index (χ2v) is 5.41. The molecule has 2 unspecified atom stereocenters. The van der Waals surface area contributed by atoms with Crippen molar-refractivity contribution in [2.45, 2.75) is 31.3 Å². The smallest absolute Gasteiger partial charge is 0.162 e. The Morgan fingerprint density at radius 2 is 2.00 bits per heavy atom. The van der Waals surface area contributed by atoms with Crippen LogP contribution < -0.4 is 4.74 Å². The maximum Gasteiger partial charge on any atom is 0.162 e. The summed E-state index contributed by atoms with van der Waals surface area (Å²) >= 11 is 0. The van der Waals surface area contributed by atoms with E-state index in [2.05, 4.69) is 11.9 Å². The molecule has 2 saturated heterocycles. The molecule has 1 aromatic carbocycles. The predicted molar refractivity (Wildman–Crippen MR) is 75.2 cm³/mol. The predicted octanol–water partition coefficient (Wildman–Crippen LogP) is 2.51.